The van der Waals surface area contributed by atoms with Crippen molar-refractivity contribution < 1.29 is 5.11 Å². The van der Waals surface area contributed by atoms with Gasteiger partial charge < -0.3 is 10.4 Å². The first-order valence-corrected chi connectivity index (χ1v) is 8.75. The molecule has 0 unspecified atom stereocenters. The number of fused-ring (bicyclic) bond motifs is 1. The molecule has 3 heterocycles. The second-order valence-corrected chi connectivity index (χ2v) is 8.05. The molecule has 0 saturated carbocycles. The SMILES string of the molecule is CC(C)(O)CC(C)(C)Nc1nc(-c2ccncc2Cl)nc2cnccc12. The van der Waals surface area contributed by atoms with Crippen LogP contribution in [0.25, 0.3) is 22.3 Å². The number of anilines is 1. The number of halogens is 1. The number of hydrogen-bond donors (Lipinski definition) is 2. The van der Waals surface area contributed by atoms with Crippen LogP contribution in [0, 0.1) is 0 Å². The average Bonchev–Trinajstić information content (AvgIpc) is 2.52. The first kappa shape index (κ1) is 18.5. The van der Waals surface area contributed by atoms with Crippen molar-refractivity contribution in [3.05, 3.63) is 41.9 Å². The highest BCUT2D eigenvalue weighted by atomic mass is 35.5. The standard InChI is InChI=1S/C19H22ClN5O/c1-18(2,11-19(3,4)26)25-17-13-6-8-22-10-15(13)23-16(24-17)12-5-7-21-9-14(12)20/h5-10,26H,11H2,1-4H3,(H,23,24,25). The fourth-order valence-electron chi connectivity index (χ4n) is 3.20. The van der Waals surface area contributed by atoms with Gasteiger partial charge in [-0.05, 0) is 46.2 Å². The van der Waals surface area contributed by atoms with Crippen molar-refractivity contribution in [1.29, 1.82) is 0 Å². The first-order valence-electron chi connectivity index (χ1n) is 8.37. The second-order valence-electron chi connectivity index (χ2n) is 7.64. The van der Waals surface area contributed by atoms with Gasteiger partial charge in [0.1, 0.15) is 5.82 Å². The highest BCUT2D eigenvalue weighted by Gasteiger charge is 2.28. The molecule has 0 aromatic carbocycles. The zero-order valence-electron chi connectivity index (χ0n) is 15.3. The van der Waals surface area contributed by atoms with Gasteiger partial charge in [0.25, 0.3) is 0 Å². The molecule has 26 heavy (non-hydrogen) atoms. The van der Waals surface area contributed by atoms with Crippen LogP contribution in [0.1, 0.15) is 34.1 Å². The summed E-state index contributed by atoms with van der Waals surface area (Å²) in [4.78, 5) is 17.5. The molecule has 3 aromatic heterocycles. The normalized spacial score (nSPS) is 12.4. The van der Waals surface area contributed by atoms with Crippen LogP contribution in [0.4, 0.5) is 5.82 Å². The fraction of sp³-hybridized carbons (Fsp3) is 0.368. The molecule has 3 aromatic rings. The number of aliphatic hydroxyl groups is 1. The Labute approximate surface area is 157 Å². The van der Waals surface area contributed by atoms with E-state index in [-0.39, 0.29) is 5.54 Å². The van der Waals surface area contributed by atoms with E-state index < -0.39 is 5.60 Å². The lowest BCUT2D eigenvalue weighted by atomic mass is 9.89. The molecule has 2 N–H and O–H groups in total. The molecule has 0 saturated heterocycles. The van der Waals surface area contributed by atoms with E-state index in [1.165, 1.54) is 0 Å². The second kappa shape index (κ2) is 6.78. The van der Waals surface area contributed by atoms with E-state index in [1.807, 2.05) is 19.9 Å². The first-order chi connectivity index (χ1) is 12.1. The van der Waals surface area contributed by atoms with Crippen LogP contribution in [0.15, 0.2) is 36.9 Å². The number of pyridine rings is 2. The van der Waals surface area contributed by atoms with Crippen LogP contribution in [0.5, 0.6) is 0 Å². The quantitative estimate of drug-likeness (QED) is 0.702. The predicted octanol–water partition coefficient (Wildman–Crippen LogP) is 4.09. The summed E-state index contributed by atoms with van der Waals surface area (Å²) in [7, 11) is 0. The molecule has 6 nitrogen and oxygen atoms in total. The molecule has 0 bridgehead atoms. The third kappa shape index (κ3) is 4.26. The summed E-state index contributed by atoms with van der Waals surface area (Å²) in [5.74, 6) is 1.17. The summed E-state index contributed by atoms with van der Waals surface area (Å²) >= 11 is 6.27. The molecule has 136 valence electrons. The van der Waals surface area contributed by atoms with Gasteiger partial charge >= 0.3 is 0 Å². The molecular weight excluding hydrogens is 350 g/mol. The van der Waals surface area contributed by atoms with E-state index >= 15 is 0 Å². The van der Waals surface area contributed by atoms with Crippen LogP contribution in [0.2, 0.25) is 5.02 Å². The van der Waals surface area contributed by atoms with E-state index in [0.717, 1.165) is 5.39 Å². The molecule has 0 fully saturated rings. The van der Waals surface area contributed by atoms with E-state index in [0.29, 0.717) is 34.2 Å². The molecule has 0 aliphatic heterocycles. The van der Waals surface area contributed by atoms with Gasteiger partial charge in [-0.3, -0.25) is 9.97 Å². The van der Waals surface area contributed by atoms with Crippen molar-refractivity contribution in [2.45, 2.75) is 45.3 Å². The van der Waals surface area contributed by atoms with Gasteiger partial charge in [0, 0.05) is 35.1 Å². The maximum Gasteiger partial charge on any atom is 0.163 e. The van der Waals surface area contributed by atoms with Crippen molar-refractivity contribution in [1.82, 2.24) is 19.9 Å². The van der Waals surface area contributed by atoms with Crippen molar-refractivity contribution in [2.75, 3.05) is 5.32 Å². The Bertz CT molecular complexity index is 937. The Kier molecular flexibility index (Phi) is 4.82. The van der Waals surface area contributed by atoms with Crippen molar-refractivity contribution >= 4 is 28.3 Å². The van der Waals surface area contributed by atoms with Crippen molar-refractivity contribution in [3.63, 3.8) is 0 Å². The monoisotopic (exact) mass is 371 g/mol. The number of nitrogens with zero attached hydrogens (tertiary/aromatic N) is 4. The lowest BCUT2D eigenvalue weighted by Crippen LogP contribution is -2.39. The van der Waals surface area contributed by atoms with Gasteiger partial charge in [-0.2, -0.15) is 0 Å². The minimum Gasteiger partial charge on any atom is -0.390 e. The van der Waals surface area contributed by atoms with Gasteiger partial charge in [-0.25, -0.2) is 9.97 Å². The Morgan fingerprint density at radius 2 is 1.73 bits per heavy atom. The maximum atomic E-state index is 10.2. The molecular formula is C19H22ClN5O. The smallest absolute Gasteiger partial charge is 0.163 e. The zero-order valence-corrected chi connectivity index (χ0v) is 16.0. The molecule has 0 aliphatic carbocycles. The Morgan fingerprint density at radius 1 is 1.04 bits per heavy atom. The molecule has 3 rings (SSSR count). The number of aromatic nitrogens is 4. The van der Waals surface area contributed by atoms with E-state index in [2.05, 4.69) is 20.3 Å². The summed E-state index contributed by atoms with van der Waals surface area (Å²) in [5, 5.41) is 15.0. The minimum atomic E-state index is -0.807. The Hall–Kier alpha value is -2.31. The highest BCUT2D eigenvalue weighted by Crippen LogP contribution is 2.31. The maximum absolute atomic E-state index is 10.2. The summed E-state index contributed by atoms with van der Waals surface area (Å²) in [6.45, 7) is 7.64. The highest BCUT2D eigenvalue weighted by molar-refractivity contribution is 6.33. The van der Waals surface area contributed by atoms with Crippen LogP contribution in [-0.4, -0.2) is 36.2 Å². The fourth-order valence-corrected chi connectivity index (χ4v) is 3.40. The number of rotatable bonds is 5. The summed E-state index contributed by atoms with van der Waals surface area (Å²) < 4.78 is 0. The van der Waals surface area contributed by atoms with Gasteiger partial charge in [0.2, 0.25) is 0 Å². The molecule has 0 aliphatic rings. The molecule has 7 heteroatoms. The van der Waals surface area contributed by atoms with Crippen molar-refractivity contribution in [3.8, 4) is 11.4 Å². The van der Waals surface area contributed by atoms with Gasteiger partial charge in [-0.15, -0.1) is 0 Å². The van der Waals surface area contributed by atoms with Gasteiger partial charge in [0.05, 0.1) is 22.3 Å². The molecule has 0 radical (unpaired) electrons. The Morgan fingerprint density at radius 3 is 2.42 bits per heavy atom. The summed E-state index contributed by atoms with van der Waals surface area (Å²) in [6, 6.07) is 3.65. The zero-order chi connectivity index (χ0) is 18.9. The number of nitrogens with one attached hydrogen (secondary N) is 1. The third-order valence-corrected chi connectivity index (χ3v) is 4.15. The van der Waals surface area contributed by atoms with E-state index in [9.17, 15) is 5.11 Å². The largest absolute Gasteiger partial charge is 0.390 e. The van der Waals surface area contributed by atoms with Crippen LogP contribution in [0.3, 0.4) is 0 Å². The van der Waals surface area contributed by atoms with Crippen LogP contribution >= 0.6 is 11.6 Å². The topological polar surface area (TPSA) is 83.8 Å². The van der Waals surface area contributed by atoms with Gasteiger partial charge in [0.15, 0.2) is 5.82 Å². The van der Waals surface area contributed by atoms with E-state index in [4.69, 9.17) is 16.6 Å². The van der Waals surface area contributed by atoms with E-state index in [1.54, 1.807) is 44.7 Å². The predicted molar refractivity (Wildman–Crippen MR) is 104 cm³/mol. The number of hydrogen-bond acceptors (Lipinski definition) is 6. The summed E-state index contributed by atoms with van der Waals surface area (Å²) in [5.41, 5.74) is 0.225. The van der Waals surface area contributed by atoms with Crippen LogP contribution in [-0.2, 0) is 0 Å². The summed E-state index contributed by atoms with van der Waals surface area (Å²) in [6.07, 6.45) is 7.17. The van der Waals surface area contributed by atoms with Gasteiger partial charge in [-0.1, -0.05) is 11.6 Å². The van der Waals surface area contributed by atoms with Crippen LogP contribution < -0.4 is 5.32 Å². The third-order valence-electron chi connectivity index (χ3n) is 3.84. The lowest BCUT2D eigenvalue weighted by molar-refractivity contribution is 0.0550. The Balaban J connectivity index is 2.11. The molecule has 0 atom stereocenters. The minimum absolute atomic E-state index is 0.387. The average molecular weight is 372 g/mol. The van der Waals surface area contributed by atoms with Crippen molar-refractivity contribution in [2.24, 2.45) is 0 Å². The lowest BCUT2D eigenvalue weighted by Gasteiger charge is -2.33. The molecule has 0 spiro atoms. The molecule has 0 amide bonds.